The smallest absolute Gasteiger partial charge is 0.441 e. The number of ether oxygens (including phenoxy) is 1. The van der Waals surface area contributed by atoms with Gasteiger partial charge in [0.25, 0.3) is 5.91 Å². The number of nitrogens with zero attached hydrogens (tertiary/aromatic N) is 3. The number of nitrogens with one attached hydrogen (secondary N) is 1. The fraction of sp³-hybridized carbons (Fsp3) is 0.105. The Hall–Kier alpha value is -3.67. The lowest BCUT2D eigenvalue weighted by atomic mass is 10.1. The first kappa shape index (κ1) is 20.6. The number of amides is 1. The number of aliphatic imine (C=N–C) groups is 1. The molecule has 0 radical (unpaired) electrons. The van der Waals surface area contributed by atoms with Gasteiger partial charge < -0.3 is 9.15 Å². The van der Waals surface area contributed by atoms with Gasteiger partial charge in [0.1, 0.15) is 11.5 Å². The molecule has 8 nitrogen and oxygen atoms in total. The lowest BCUT2D eigenvalue weighted by Gasteiger charge is -2.19. The molecule has 0 saturated carbocycles. The van der Waals surface area contributed by atoms with E-state index in [9.17, 15) is 22.8 Å². The van der Waals surface area contributed by atoms with E-state index in [1.54, 1.807) is 30.3 Å². The second kappa shape index (κ2) is 7.54. The zero-order valence-corrected chi connectivity index (χ0v) is 16.4. The van der Waals surface area contributed by atoms with Crippen molar-refractivity contribution in [2.75, 3.05) is 7.11 Å². The summed E-state index contributed by atoms with van der Waals surface area (Å²) in [6.07, 6.45) is -3.54. The summed E-state index contributed by atoms with van der Waals surface area (Å²) in [5, 5.41) is 10.5. The average molecular weight is 448 g/mol. The SMILES string of the molecule is COC(=O)c1ccccc1-c1ccc(/C=C2/C(=N)N3N=C(C(F)(F)F)SC3=NC2=O)o1. The zero-order chi connectivity index (χ0) is 22.3. The van der Waals surface area contributed by atoms with E-state index in [1.165, 1.54) is 19.3 Å². The summed E-state index contributed by atoms with van der Waals surface area (Å²) >= 11 is 0.170. The maximum Gasteiger partial charge on any atom is 0.441 e. The van der Waals surface area contributed by atoms with E-state index in [0.717, 1.165) is 0 Å². The van der Waals surface area contributed by atoms with Gasteiger partial charge in [0, 0.05) is 5.56 Å². The van der Waals surface area contributed by atoms with Gasteiger partial charge >= 0.3 is 12.1 Å². The van der Waals surface area contributed by atoms with Crippen LogP contribution in [-0.2, 0) is 9.53 Å². The van der Waals surface area contributed by atoms with Crippen molar-refractivity contribution in [1.29, 1.82) is 5.41 Å². The second-order valence-electron chi connectivity index (χ2n) is 6.16. The Bertz CT molecular complexity index is 1210. The van der Waals surface area contributed by atoms with Gasteiger partial charge in [0.15, 0.2) is 5.84 Å². The van der Waals surface area contributed by atoms with Gasteiger partial charge in [-0.15, -0.1) is 0 Å². The van der Waals surface area contributed by atoms with Crippen molar-refractivity contribution in [2.24, 2.45) is 10.1 Å². The highest BCUT2D eigenvalue weighted by Crippen LogP contribution is 2.35. The van der Waals surface area contributed by atoms with Gasteiger partial charge in [-0.05, 0) is 36.0 Å². The Morgan fingerprint density at radius 1 is 1.26 bits per heavy atom. The minimum atomic E-state index is -4.72. The molecule has 0 saturated heterocycles. The molecule has 31 heavy (non-hydrogen) atoms. The first-order valence-corrected chi connectivity index (χ1v) is 9.35. The van der Waals surface area contributed by atoms with Gasteiger partial charge in [-0.2, -0.15) is 28.3 Å². The summed E-state index contributed by atoms with van der Waals surface area (Å²) < 4.78 is 49.1. The molecular weight excluding hydrogens is 437 g/mol. The van der Waals surface area contributed by atoms with Gasteiger partial charge in [-0.25, -0.2) is 4.79 Å². The van der Waals surface area contributed by atoms with Crippen LogP contribution in [0.3, 0.4) is 0 Å². The molecule has 0 unspecified atom stereocenters. The van der Waals surface area contributed by atoms with Crippen LogP contribution in [0.25, 0.3) is 17.4 Å². The third-order valence-electron chi connectivity index (χ3n) is 4.21. The van der Waals surface area contributed by atoms with Crippen LogP contribution in [0.5, 0.6) is 0 Å². The molecule has 1 aromatic carbocycles. The van der Waals surface area contributed by atoms with E-state index in [0.29, 0.717) is 16.3 Å². The monoisotopic (exact) mass is 448 g/mol. The molecule has 2 aromatic rings. The number of amidine groups is 2. The van der Waals surface area contributed by atoms with Crippen LogP contribution in [0.1, 0.15) is 16.1 Å². The number of carbonyl (C=O) groups is 2. The van der Waals surface area contributed by atoms with Crippen molar-refractivity contribution in [3.63, 3.8) is 0 Å². The molecule has 158 valence electrons. The molecule has 1 amide bonds. The number of alkyl halides is 3. The first-order chi connectivity index (χ1) is 14.7. The minimum absolute atomic E-state index is 0.133. The summed E-state index contributed by atoms with van der Waals surface area (Å²) in [7, 11) is 1.25. The standard InChI is InChI=1S/C19H11F3N4O4S/c1-29-16(28)11-5-3-2-4-10(11)13-7-6-9(30-13)8-12-14(23)26-18(24-15(12)27)31-17(25-26)19(20,21)22/h2-8,23H,1H3/b12-8-,23-14?. The van der Waals surface area contributed by atoms with Crippen molar-refractivity contribution < 1.29 is 31.9 Å². The Morgan fingerprint density at radius 3 is 2.71 bits per heavy atom. The molecule has 0 fully saturated rings. The average Bonchev–Trinajstić information content (AvgIpc) is 3.37. The van der Waals surface area contributed by atoms with Gasteiger partial charge in [0.2, 0.25) is 10.2 Å². The highest BCUT2D eigenvalue weighted by Gasteiger charge is 2.46. The number of methoxy groups -OCH3 is 1. The molecule has 3 heterocycles. The van der Waals surface area contributed by atoms with Crippen LogP contribution in [-0.4, -0.2) is 46.2 Å². The lowest BCUT2D eigenvalue weighted by Crippen LogP contribution is -2.35. The lowest BCUT2D eigenvalue weighted by molar-refractivity contribution is -0.114. The van der Waals surface area contributed by atoms with Crippen molar-refractivity contribution in [1.82, 2.24) is 5.01 Å². The Balaban J connectivity index is 1.67. The second-order valence-corrected chi connectivity index (χ2v) is 7.12. The number of hydrazone groups is 1. The third kappa shape index (κ3) is 3.77. The summed E-state index contributed by atoms with van der Waals surface area (Å²) in [4.78, 5) is 27.8. The predicted molar refractivity (Wildman–Crippen MR) is 107 cm³/mol. The number of esters is 1. The maximum absolute atomic E-state index is 12.9. The molecule has 0 aliphatic carbocycles. The third-order valence-corrected chi connectivity index (χ3v) is 5.16. The number of halogens is 3. The molecular formula is C19H11F3N4O4S. The molecule has 1 aromatic heterocycles. The predicted octanol–water partition coefficient (Wildman–Crippen LogP) is 3.91. The highest BCUT2D eigenvalue weighted by atomic mass is 32.2. The van der Waals surface area contributed by atoms with Crippen LogP contribution in [0.15, 0.2) is 56.5 Å². The van der Waals surface area contributed by atoms with E-state index in [1.807, 2.05) is 0 Å². The van der Waals surface area contributed by atoms with Crippen LogP contribution in [0.2, 0.25) is 0 Å². The quantitative estimate of drug-likeness (QED) is 0.563. The van der Waals surface area contributed by atoms with Gasteiger partial charge in [-0.3, -0.25) is 10.2 Å². The number of benzene rings is 1. The molecule has 2 aliphatic heterocycles. The fourth-order valence-corrected chi connectivity index (χ4v) is 3.57. The van der Waals surface area contributed by atoms with E-state index < -0.39 is 28.9 Å². The number of carbonyl (C=O) groups excluding carboxylic acids is 2. The highest BCUT2D eigenvalue weighted by molar-refractivity contribution is 8.27. The first-order valence-electron chi connectivity index (χ1n) is 8.54. The van der Waals surface area contributed by atoms with E-state index in [-0.39, 0.29) is 33.8 Å². The number of rotatable bonds is 3. The van der Waals surface area contributed by atoms with Crippen LogP contribution in [0.4, 0.5) is 13.2 Å². The Kier molecular flexibility index (Phi) is 5.01. The van der Waals surface area contributed by atoms with Crippen LogP contribution >= 0.6 is 11.8 Å². The van der Waals surface area contributed by atoms with Crippen molar-refractivity contribution >= 4 is 45.8 Å². The number of hydrogen-bond donors (Lipinski definition) is 1. The molecule has 2 aliphatic rings. The van der Waals surface area contributed by atoms with Gasteiger partial charge in [-0.1, -0.05) is 18.2 Å². The van der Waals surface area contributed by atoms with Crippen molar-refractivity contribution in [2.45, 2.75) is 6.18 Å². The number of furan rings is 1. The van der Waals surface area contributed by atoms with Crippen molar-refractivity contribution in [3.8, 4) is 11.3 Å². The van der Waals surface area contributed by atoms with Crippen LogP contribution in [0, 0.1) is 5.41 Å². The Labute approximate surface area is 176 Å². The number of hydrogen-bond acceptors (Lipinski definition) is 7. The van der Waals surface area contributed by atoms with Crippen molar-refractivity contribution in [3.05, 3.63) is 53.3 Å². The number of fused-ring (bicyclic) bond motifs is 1. The molecule has 1 N–H and O–H groups in total. The summed E-state index contributed by atoms with van der Waals surface area (Å²) in [5.74, 6) is -1.60. The van der Waals surface area contributed by atoms with Gasteiger partial charge in [0.05, 0.1) is 18.2 Å². The van der Waals surface area contributed by atoms with E-state index in [4.69, 9.17) is 14.6 Å². The van der Waals surface area contributed by atoms with E-state index in [2.05, 4.69) is 10.1 Å². The topological polar surface area (TPSA) is 108 Å². The molecule has 12 heteroatoms. The van der Waals surface area contributed by atoms with Crippen LogP contribution < -0.4 is 0 Å². The molecule has 4 rings (SSSR count). The molecule has 0 atom stereocenters. The van der Waals surface area contributed by atoms with E-state index >= 15 is 0 Å². The molecule has 0 bridgehead atoms. The normalized spacial score (nSPS) is 17.5. The number of thioether (sulfide) groups is 1. The summed E-state index contributed by atoms with van der Waals surface area (Å²) in [6.45, 7) is 0. The minimum Gasteiger partial charge on any atom is -0.465 e. The zero-order valence-electron chi connectivity index (χ0n) is 15.6. The molecule has 0 spiro atoms. The largest absolute Gasteiger partial charge is 0.465 e. The summed E-state index contributed by atoms with van der Waals surface area (Å²) in [6, 6.07) is 9.58. The fourth-order valence-electron chi connectivity index (χ4n) is 2.81. The Morgan fingerprint density at radius 2 is 2.00 bits per heavy atom. The summed E-state index contributed by atoms with van der Waals surface area (Å²) in [5.41, 5.74) is 0.413. The maximum atomic E-state index is 12.9.